The summed E-state index contributed by atoms with van der Waals surface area (Å²) in [4.78, 5) is 15.2. The summed E-state index contributed by atoms with van der Waals surface area (Å²) < 4.78 is 9.50. The topological polar surface area (TPSA) is 114 Å². The monoisotopic (exact) mass is 246 g/mol. The SMILES string of the molecule is CCOC(=O)/C(C(N)=NCCO)=C(\O)OCC. The van der Waals surface area contributed by atoms with Crippen molar-refractivity contribution in [2.24, 2.45) is 10.7 Å². The van der Waals surface area contributed by atoms with Gasteiger partial charge in [0.1, 0.15) is 5.84 Å². The van der Waals surface area contributed by atoms with Gasteiger partial charge in [-0.25, -0.2) is 4.79 Å². The lowest BCUT2D eigenvalue weighted by molar-refractivity contribution is -0.138. The van der Waals surface area contributed by atoms with Crippen LogP contribution in [0, 0.1) is 0 Å². The lowest BCUT2D eigenvalue weighted by Gasteiger charge is -2.09. The van der Waals surface area contributed by atoms with Crippen molar-refractivity contribution in [1.29, 1.82) is 0 Å². The number of carbonyl (C=O) groups excluding carboxylic acids is 1. The Kier molecular flexibility index (Phi) is 7.53. The van der Waals surface area contributed by atoms with Crippen LogP contribution in [0.3, 0.4) is 0 Å². The molecule has 0 aromatic carbocycles. The fourth-order valence-electron chi connectivity index (χ4n) is 0.963. The van der Waals surface area contributed by atoms with Crippen molar-refractivity contribution in [2.75, 3.05) is 26.4 Å². The number of hydrogen-bond donors (Lipinski definition) is 3. The maximum absolute atomic E-state index is 11.5. The minimum Gasteiger partial charge on any atom is -0.480 e. The van der Waals surface area contributed by atoms with Gasteiger partial charge in [0.2, 0.25) is 0 Å². The summed E-state index contributed by atoms with van der Waals surface area (Å²) in [6.07, 6.45) is 0. The van der Waals surface area contributed by atoms with Gasteiger partial charge in [-0.3, -0.25) is 4.99 Å². The highest BCUT2D eigenvalue weighted by Gasteiger charge is 2.22. The van der Waals surface area contributed by atoms with Crippen LogP contribution in [-0.2, 0) is 14.3 Å². The van der Waals surface area contributed by atoms with Gasteiger partial charge in [0.25, 0.3) is 5.95 Å². The zero-order valence-electron chi connectivity index (χ0n) is 9.97. The Hall–Kier alpha value is -1.76. The van der Waals surface area contributed by atoms with E-state index in [9.17, 15) is 9.90 Å². The van der Waals surface area contributed by atoms with E-state index < -0.39 is 11.9 Å². The van der Waals surface area contributed by atoms with Gasteiger partial charge in [-0.1, -0.05) is 0 Å². The molecule has 0 amide bonds. The molecule has 0 radical (unpaired) electrons. The summed E-state index contributed by atoms with van der Waals surface area (Å²) in [5.41, 5.74) is 5.18. The maximum Gasteiger partial charge on any atom is 0.349 e. The molecule has 0 aliphatic carbocycles. The van der Waals surface area contributed by atoms with E-state index in [1.165, 1.54) is 0 Å². The third-order valence-corrected chi connectivity index (χ3v) is 1.61. The molecule has 7 nitrogen and oxygen atoms in total. The van der Waals surface area contributed by atoms with Gasteiger partial charge in [0.05, 0.1) is 26.4 Å². The van der Waals surface area contributed by atoms with Gasteiger partial charge < -0.3 is 25.4 Å². The van der Waals surface area contributed by atoms with Gasteiger partial charge in [-0.2, -0.15) is 0 Å². The Bertz CT molecular complexity index is 312. The highest BCUT2D eigenvalue weighted by atomic mass is 16.6. The van der Waals surface area contributed by atoms with Gasteiger partial charge in [-0.15, -0.1) is 0 Å². The van der Waals surface area contributed by atoms with Gasteiger partial charge in [0, 0.05) is 0 Å². The normalized spacial score (nSPS) is 13.0. The first kappa shape index (κ1) is 15.2. The first-order valence-electron chi connectivity index (χ1n) is 5.22. The molecule has 0 saturated carbocycles. The van der Waals surface area contributed by atoms with Crippen molar-refractivity contribution in [1.82, 2.24) is 0 Å². The number of aliphatic hydroxyl groups excluding tert-OH is 2. The number of nitrogens with zero attached hydrogens (tertiary/aromatic N) is 1. The fraction of sp³-hybridized carbons (Fsp3) is 0.600. The zero-order chi connectivity index (χ0) is 13.3. The standard InChI is InChI=1S/C10H18N2O5/c1-3-16-9(14)7(10(15)17-4-2)8(11)12-5-6-13/h13-14H,3-6H2,1-2H3,(H2,11,12)/b9-7+. The van der Waals surface area contributed by atoms with E-state index in [-0.39, 0.29) is 37.8 Å². The summed E-state index contributed by atoms with van der Waals surface area (Å²) in [7, 11) is 0. The van der Waals surface area contributed by atoms with E-state index in [2.05, 4.69) is 4.99 Å². The van der Waals surface area contributed by atoms with E-state index in [4.69, 9.17) is 20.3 Å². The molecule has 0 rings (SSSR count). The average molecular weight is 246 g/mol. The number of ether oxygens (including phenoxy) is 2. The molecule has 0 fully saturated rings. The predicted molar refractivity (Wildman–Crippen MR) is 61.5 cm³/mol. The summed E-state index contributed by atoms with van der Waals surface area (Å²) in [5, 5.41) is 18.1. The third kappa shape index (κ3) is 5.21. The van der Waals surface area contributed by atoms with Crippen LogP contribution in [0.4, 0.5) is 0 Å². The number of rotatable bonds is 7. The van der Waals surface area contributed by atoms with Crippen LogP contribution in [0.2, 0.25) is 0 Å². The first-order chi connectivity index (χ1) is 8.08. The molecule has 4 N–H and O–H groups in total. The van der Waals surface area contributed by atoms with Crippen LogP contribution in [0.5, 0.6) is 0 Å². The number of esters is 1. The smallest absolute Gasteiger partial charge is 0.349 e. The lowest BCUT2D eigenvalue weighted by Crippen LogP contribution is -2.26. The minimum absolute atomic E-state index is 0.0220. The largest absolute Gasteiger partial charge is 0.480 e. The van der Waals surface area contributed by atoms with E-state index in [1.54, 1.807) is 13.8 Å². The highest BCUT2D eigenvalue weighted by Crippen LogP contribution is 2.07. The van der Waals surface area contributed by atoms with Crippen molar-refractivity contribution < 1.29 is 24.5 Å². The number of hydrogen-bond acceptors (Lipinski definition) is 6. The van der Waals surface area contributed by atoms with Gasteiger partial charge in [0.15, 0.2) is 5.57 Å². The number of aliphatic imine (C=N–C) groups is 1. The van der Waals surface area contributed by atoms with Crippen LogP contribution < -0.4 is 5.73 Å². The molecular weight excluding hydrogens is 228 g/mol. The molecule has 0 spiro atoms. The maximum atomic E-state index is 11.5. The number of aliphatic hydroxyl groups is 2. The molecule has 0 aromatic heterocycles. The first-order valence-corrected chi connectivity index (χ1v) is 5.22. The minimum atomic E-state index is -0.822. The second-order valence-electron chi connectivity index (χ2n) is 2.82. The second kappa shape index (κ2) is 8.40. The molecule has 0 aromatic rings. The van der Waals surface area contributed by atoms with Gasteiger partial charge >= 0.3 is 5.97 Å². The molecule has 0 unspecified atom stereocenters. The Labute approximate surface area is 99.5 Å². The molecule has 0 bridgehead atoms. The predicted octanol–water partition coefficient (Wildman–Crippen LogP) is -0.295. The quantitative estimate of drug-likeness (QED) is 0.187. The van der Waals surface area contributed by atoms with Crippen LogP contribution in [0.1, 0.15) is 13.8 Å². The number of nitrogens with two attached hydrogens (primary N) is 1. The average Bonchev–Trinajstić information content (AvgIpc) is 2.27. The lowest BCUT2D eigenvalue weighted by atomic mass is 10.2. The van der Waals surface area contributed by atoms with Crippen molar-refractivity contribution >= 4 is 11.8 Å². The number of amidine groups is 1. The summed E-state index contributed by atoms with van der Waals surface area (Å²) in [5.74, 6) is -1.69. The van der Waals surface area contributed by atoms with Crippen LogP contribution in [0.25, 0.3) is 0 Å². The van der Waals surface area contributed by atoms with Crippen molar-refractivity contribution in [2.45, 2.75) is 13.8 Å². The van der Waals surface area contributed by atoms with Crippen molar-refractivity contribution in [3.8, 4) is 0 Å². The molecule has 0 heterocycles. The second-order valence-corrected chi connectivity index (χ2v) is 2.82. The number of carbonyl (C=O) groups is 1. The van der Waals surface area contributed by atoms with Crippen LogP contribution >= 0.6 is 0 Å². The van der Waals surface area contributed by atoms with E-state index in [0.29, 0.717) is 0 Å². The molecular formula is C10H18N2O5. The Morgan fingerprint density at radius 2 is 1.88 bits per heavy atom. The molecule has 7 heteroatoms. The fourth-order valence-corrected chi connectivity index (χ4v) is 0.963. The van der Waals surface area contributed by atoms with E-state index >= 15 is 0 Å². The van der Waals surface area contributed by atoms with Gasteiger partial charge in [-0.05, 0) is 13.8 Å². The van der Waals surface area contributed by atoms with Crippen LogP contribution in [0.15, 0.2) is 16.5 Å². The Morgan fingerprint density at radius 3 is 2.35 bits per heavy atom. The summed E-state index contributed by atoms with van der Waals surface area (Å²) >= 11 is 0. The summed E-state index contributed by atoms with van der Waals surface area (Å²) in [6.45, 7) is 3.37. The van der Waals surface area contributed by atoms with Crippen molar-refractivity contribution in [3.63, 3.8) is 0 Å². The van der Waals surface area contributed by atoms with Crippen molar-refractivity contribution in [3.05, 3.63) is 11.5 Å². The van der Waals surface area contributed by atoms with E-state index in [0.717, 1.165) is 0 Å². The Balaban J connectivity index is 5.10. The van der Waals surface area contributed by atoms with Crippen LogP contribution in [-0.4, -0.2) is 48.4 Å². The molecule has 0 aliphatic heterocycles. The molecule has 98 valence electrons. The Morgan fingerprint density at radius 1 is 1.29 bits per heavy atom. The molecule has 0 atom stereocenters. The highest BCUT2D eigenvalue weighted by molar-refractivity contribution is 6.18. The zero-order valence-corrected chi connectivity index (χ0v) is 9.97. The molecule has 0 aliphatic rings. The third-order valence-electron chi connectivity index (χ3n) is 1.61. The van der Waals surface area contributed by atoms with E-state index in [1.807, 2.05) is 0 Å². The molecule has 17 heavy (non-hydrogen) atoms. The molecule has 0 saturated heterocycles. The summed E-state index contributed by atoms with van der Waals surface area (Å²) in [6, 6.07) is 0.